The Bertz CT molecular complexity index is 220. The average molecular weight is 154 g/mol. The molecule has 0 unspecified atom stereocenters. The number of carbonyl (C=O) groups excluding carboxylic acids is 1. The number of rotatable bonds is 3. The first kappa shape index (κ1) is 7.71. The molecular weight excluding hydrogens is 146 g/mol. The SMILES string of the molecule is CCCNC(=O)c1n[c]on1. The fraction of sp³-hybridized carbons (Fsp3) is 0.500. The van der Waals surface area contributed by atoms with Crippen LogP contribution in [0.15, 0.2) is 4.52 Å². The maximum atomic E-state index is 10.9. The van der Waals surface area contributed by atoms with E-state index in [1.54, 1.807) is 0 Å². The van der Waals surface area contributed by atoms with Crippen LogP contribution in [0, 0.1) is 6.39 Å². The van der Waals surface area contributed by atoms with E-state index in [9.17, 15) is 4.79 Å². The van der Waals surface area contributed by atoms with Crippen LogP contribution >= 0.6 is 0 Å². The number of hydrogen-bond acceptors (Lipinski definition) is 4. The molecule has 0 atom stereocenters. The highest BCUT2D eigenvalue weighted by Crippen LogP contribution is 1.86. The number of nitrogens with zero attached hydrogens (tertiary/aromatic N) is 2. The van der Waals surface area contributed by atoms with Gasteiger partial charge in [-0.2, -0.15) is 4.98 Å². The Labute approximate surface area is 63.8 Å². The van der Waals surface area contributed by atoms with E-state index in [0.29, 0.717) is 6.54 Å². The third-order valence-corrected chi connectivity index (χ3v) is 1.06. The van der Waals surface area contributed by atoms with Gasteiger partial charge in [-0.1, -0.05) is 12.1 Å². The van der Waals surface area contributed by atoms with Crippen molar-refractivity contribution in [2.45, 2.75) is 13.3 Å². The van der Waals surface area contributed by atoms with Crippen molar-refractivity contribution in [3.05, 3.63) is 12.2 Å². The Balaban J connectivity index is 2.43. The van der Waals surface area contributed by atoms with Crippen molar-refractivity contribution in [3.8, 4) is 0 Å². The van der Waals surface area contributed by atoms with E-state index in [-0.39, 0.29) is 11.7 Å². The maximum Gasteiger partial charge on any atom is 0.316 e. The lowest BCUT2D eigenvalue weighted by atomic mass is 10.4. The van der Waals surface area contributed by atoms with Crippen molar-refractivity contribution in [2.24, 2.45) is 0 Å². The van der Waals surface area contributed by atoms with Crippen LogP contribution in [0.3, 0.4) is 0 Å². The predicted molar refractivity (Wildman–Crippen MR) is 35.8 cm³/mol. The Morgan fingerprint density at radius 3 is 3.18 bits per heavy atom. The first-order chi connectivity index (χ1) is 5.34. The van der Waals surface area contributed by atoms with Gasteiger partial charge in [0.2, 0.25) is 0 Å². The van der Waals surface area contributed by atoms with E-state index in [1.165, 1.54) is 0 Å². The van der Waals surface area contributed by atoms with Crippen LogP contribution < -0.4 is 5.32 Å². The zero-order valence-corrected chi connectivity index (χ0v) is 6.13. The maximum absolute atomic E-state index is 10.9. The summed E-state index contributed by atoms with van der Waals surface area (Å²) in [7, 11) is 0. The number of aromatic nitrogens is 2. The minimum absolute atomic E-state index is 0.0263. The summed E-state index contributed by atoms with van der Waals surface area (Å²) in [5.74, 6) is -0.296. The molecule has 0 aromatic carbocycles. The molecule has 1 amide bonds. The van der Waals surface area contributed by atoms with Gasteiger partial charge in [0.15, 0.2) is 0 Å². The molecule has 59 valence electrons. The summed E-state index contributed by atoms with van der Waals surface area (Å²) in [5, 5.41) is 5.91. The molecule has 1 heterocycles. The Morgan fingerprint density at radius 1 is 1.82 bits per heavy atom. The molecule has 1 aromatic rings. The van der Waals surface area contributed by atoms with Gasteiger partial charge in [-0.05, 0) is 6.42 Å². The van der Waals surface area contributed by atoms with Gasteiger partial charge in [-0.3, -0.25) is 4.79 Å². The largest absolute Gasteiger partial charge is 0.349 e. The monoisotopic (exact) mass is 154 g/mol. The number of carbonyl (C=O) groups is 1. The van der Waals surface area contributed by atoms with Crippen LogP contribution in [0.25, 0.3) is 0 Å². The van der Waals surface area contributed by atoms with Crippen LogP contribution in [0.2, 0.25) is 0 Å². The Morgan fingerprint density at radius 2 is 2.64 bits per heavy atom. The highest BCUT2D eigenvalue weighted by atomic mass is 16.5. The third kappa shape index (κ3) is 2.03. The van der Waals surface area contributed by atoms with Gasteiger partial charge in [-0.25, -0.2) is 0 Å². The van der Waals surface area contributed by atoms with E-state index >= 15 is 0 Å². The molecule has 5 nitrogen and oxygen atoms in total. The highest BCUT2D eigenvalue weighted by Gasteiger charge is 2.08. The summed E-state index contributed by atoms with van der Waals surface area (Å²) in [5.41, 5.74) is 0. The van der Waals surface area contributed by atoms with E-state index in [0.717, 1.165) is 6.42 Å². The molecule has 0 saturated heterocycles. The van der Waals surface area contributed by atoms with Crippen molar-refractivity contribution in [1.82, 2.24) is 15.5 Å². The average Bonchev–Trinajstić information content (AvgIpc) is 2.52. The Hall–Kier alpha value is -1.39. The summed E-state index contributed by atoms with van der Waals surface area (Å²) in [6, 6.07) is 0. The van der Waals surface area contributed by atoms with Crippen molar-refractivity contribution in [3.63, 3.8) is 0 Å². The van der Waals surface area contributed by atoms with Crippen molar-refractivity contribution >= 4 is 5.91 Å². The molecular formula is C6H8N3O2. The smallest absolute Gasteiger partial charge is 0.316 e. The molecule has 0 spiro atoms. The molecule has 0 fully saturated rings. The minimum Gasteiger partial charge on any atom is -0.349 e. The summed E-state index contributed by atoms with van der Waals surface area (Å²) >= 11 is 0. The van der Waals surface area contributed by atoms with Gasteiger partial charge in [0.1, 0.15) is 0 Å². The standard InChI is InChI=1S/C6H8N3O2/c1-2-3-7-6(10)5-8-4-11-9-5/h2-3H2,1H3,(H,7,10). The van der Waals surface area contributed by atoms with E-state index in [1.807, 2.05) is 6.92 Å². The molecule has 0 bridgehead atoms. The lowest BCUT2D eigenvalue weighted by molar-refractivity contribution is 0.0940. The van der Waals surface area contributed by atoms with Crippen molar-refractivity contribution in [2.75, 3.05) is 6.54 Å². The van der Waals surface area contributed by atoms with E-state index in [4.69, 9.17) is 0 Å². The fourth-order valence-electron chi connectivity index (χ4n) is 0.558. The van der Waals surface area contributed by atoms with Crippen LogP contribution in [0.1, 0.15) is 24.0 Å². The topological polar surface area (TPSA) is 68.0 Å². The molecule has 0 saturated carbocycles. The quantitative estimate of drug-likeness (QED) is 0.665. The van der Waals surface area contributed by atoms with Crippen molar-refractivity contribution in [1.29, 1.82) is 0 Å². The molecule has 0 aliphatic carbocycles. The van der Waals surface area contributed by atoms with Gasteiger partial charge in [-0.15, -0.1) is 0 Å². The fourth-order valence-corrected chi connectivity index (χ4v) is 0.558. The lowest BCUT2D eigenvalue weighted by Gasteiger charge is -1.96. The molecule has 0 aliphatic rings. The van der Waals surface area contributed by atoms with Crippen LogP contribution in [0.5, 0.6) is 0 Å². The van der Waals surface area contributed by atoms with Gasteiger partial charge in [0.25, 0.3) is 11.7 Å². The van der Waals surface area contributed by atoms with Crippen LogP contribution in [-0.4, -0.2) is 22.6 Å². The third-order valence-electron chi connectivity index (χ3n) is 1.06. The molecule has 5 heteroatoms. The first-order valence-corrected chi connectivity index (χ1v) is 3.32. The van der Waals surface area contributed by atoms with Crippen molar-refractivity contribution < 1.29 is 9.32 Å². The van der Waals surface area contributed by atoms with Gasteiger partial charge >= 0.3 is 6.39 Å². The minimum atomic E-state index is -0.322. The summed E-state index contributed by atoms with van der Waals surface area (Å²) in [6.45, 7) is 2.58. The Kier molecular flexibility index (Phi) is 2.59. The molecule has 1 aromatic heterocycles. The highest BCUT2D eigenvalue weighted by molar-refractivity contribution is 5.89. The number of amides is 1. The van der Waals surface area contributed by atoms with Gasteiger partial charge in [0.05, 0.1) is 0 Å². The van der Waals surface area contributed by atoms with E-state index < -0.39 is 0 Å². The summed E-state index contributed by atoms with van der Waals surface area (Å²) in [4.78, 5) is 14.4. The van der Waals surface area contributed by atoms with Gasteiger partial charge in [0, 0.05) is 6.54 Å². The second kappa shape index (κ2) is 3.70. The van der Waals surface area contributed by atoms with Crippen LogP contribution in [0.4, 0.5) is 0 Å². The zero-order chi connectivity index (χ0) is 8.10. The number of hydrogen-bond donors (Lipinski definition) is 1. The molecule has 1 radical (unpaired) electrons. The van der Waals surface area contributed by atoms with Crippen LogP contribution in [-0.2, 0) is 0 Å². The molecule has 11 heavy (non-hydrogen) atoms. The zero-order valence-electron chi connectivity index (χ0n) is 6.13. The second-order valence-corrected chi connectivity index (χ2v) is 1.97. The molecule has 1 N–H and O–H groups in total. The lowest BCUT2D eigenvalue weighted by Crippen LogP contribution is -2.24. The van der Waals surface area contributed by atoms with Gasteiger partial charge < -0.3 is 9.84 Å². The number of nitrogens with one attached hydrogen (secondary N) is 1. The summed E-state index contributed by atoms with van der Waals surface area (Å²) < 4.78 is 4.27. The molecule has 1 rings (SSSR count). The van der Waals surface area contributed by atoms with E-state index in [2.05, 4.69) is 26.4 Å². The molecule has 0 aliphatic heterocycles. The second-order valence-electron chi connectivity index (χ2n) is 1.97. The summed E-state index contributed by atoms with van der Waals surface area (Å²) in [6.07, 6.45) is 2.97. The first-order valence-electron chi connectivity index (χ1n) is 3.32. The normalized spacial score (nSPS) is 9.55. The predicted octanol–water partition coefficient (Wildman–Crippen LogP) is 0.00959.